The molecule has 0 fully saturated rings. The smallest absolute Gasteiger partial charge is 0.323 e. The topological polar surface area (TPSA) is 92.4 Å². The summed E-state index contributed by atoms with van der Waals surface area (Å²) < 4.78 is 0. The van der Waals surface area contributed by atoms with Crippen molar-refractivity contribution < 1.29 is 10.2 Å². The van der Waals surface area contributed by atoms with Gasteiger partial charge < -0.3 is 20.2 Å². The molecule has 4 N–H and O–H groups in total. The van der Waals surface area contributed by atoms with Gasteiger partial charge >= 0.3 is 5.69 Å². The standard InChI is InChI=1S/C12H17N3O3/c1-15(9(6-16)7-17)5-8-2-3-10-11(4-8)14-12(18)13-10/h2-4,9,16-17H,5-7H2,1H3,(H2,13,14,18). The number of fused-ring (bicyclic) bond motifs is 1. The highest BCUT2D eigenvalue weighted by molar-refractivity contribution is 5.74. The number of H-pyrrole nitrogens is 2. The molecule has 0 saturated carbocycles. The van der Waals surface area contributed by atoms with E-state index >= 15 is 0 Å². The molecule has 0 aliphatic carbocycles. The summed E-state index contributed by atoms with van der Waals surface area (Å²) in [6, 6.07) is 5.36. The zero-order valence-electron chi connectivity index (χ0n) is 10.2. The number of aromatic amines is 2. The number of aliphatic hydroxyl groups is 2. The molecule has 6 heteroatoms. The van der Waals surface area contributed by atoms with Gasteiger partial charge in [-0.15, -0.1) is 0 Å². The lowest BCUT2D eigenvalue weighted by Crippen LogP contribution is -2.37. The fraction of sp³-hybridized carbons (Fsp3) is 0.417. The Morgan fingerprint density at radius 2 is 1.89 bits per heavy atom. The fourth-order valence-electron chi connectivity index (χ4n) is 1.93. The predicted octanol–water partition coefficient (Wildman–Crippen LogP) is -0.359. The maximum absolute atomic E-state index is 11.1. The molecule has 98 valence electrons. The van der Waals surface area contributed by atoms with E-state index in [1.54, 1.807) is 0 Å². The van der Waals surface area contributed by atoms with Crippen molar-refractivity contribution in [2.45, 2.75) is 12.6 Å². The Bertz CT molecular complexity index is 571. The second kappa shape index (κ2) is 5.34. The van der Waals surface area contributed by atoms with Crippen LogP contribution in [0.5, 0.6) is 0 Å². The monoisotopic (exact) mass is 251 g/mol. The summed E-state index contributed by atoms with van der Waals surface area (Å²) in [5.41, 5.74) is 2.31. The van der Waals surface area contributed by atoms with E-state index in [0.29, 0.717) is 6.54 Å². The molecule has 18 heavy (non-hydrogen) atoms. The average molecular weight is 251 g/mol. The normalized spacial score (nSPS) is 11.8. The first kappa shape index (κ1) is 12.8. The summed E-state index contributed by atoms with van der Waals surface area (Å²) >= 11 is 0. The third kappa shape index (κ3) is 2.61. The van der Waals surface area contributed by atoms with E-state index in [2.05, 4.69) is 9.97 Å². The number of rotatable bonds is 5. The molecular formula is C12H17N3O3. The van der Waals surface area contributed by atoms with Gasteiger partial charge in [-0.05, 0) is 24.7 Å². The van der Waals surface area contributed by atoms with E-state index in [-0.39, 0.29) is 24.9 Å². The fourth-order valence-corrected chi connectivity index (χ4v) is 1.93. The highest BCUT2D eigenvalue weighted by Gasteiger charge is 2.13. The van der Waals surface area contributed by atoms with Gasteiger partial charge in [0.2, 0.25) is 0 Å². The second-order valence-corrected chi connectivity index (χ2v) is 4.39. The van der Waals surface area contributed by atoms with Crippen LogP contribution in [0.25, 0.3) is 11.0 Å². The Morgan fingerprint density at radius 1 is 1.22 bits per heavy atom. The van der Waals surface area contributed by atoms with Crippen molar-refractivity contribution in [3.8, 4) is 0 Å². The summed E-state index contributed by atoms with van der Waals surface area (Å²) in [5.74, 6) is 0. The summed E-state index contributed by atoms with van der Waals surface area (Å²) in [6.45, 7) is 0.418. The lowest BCUT2D eigenvalue weighted by atomic mass is 10.1. The third-order valence-corrected chi connectivity index (χ3v) is 3.06. The van der Waals surface area contributed by atoms with E-state index in [1.165, 1.54) is 0 Å². The number of likely N-dealkylation sites (N-methyl/N-ethyl adjacent to an activating group) is 1. The van der Waals surface area contributed by atoms with Crippen LogP contribution >= 0.6 is 0 Å². The van der Waals surface area contributed by atoms with Crippen molar-refractivity contribution in [1.29, 1.82) is 0 Å². The lowest BCUT2D eigenvalue weighted by molar-refractivity contribution is 0.0874. The van der Waals surface area contributed by atoms with Crippen LogP contribution in [0, 0.1) is 0 Å². The predicted molar refractivity (Wildman–Crippen MR) is 68.3 cm³/mol. The van der Waals surface area contributed by atoms with Crippen molar-refractivity contribution >= 4 is 11.0 Å². The first-order valence-electron chi connectivity index (χ1n) is 5.77. The number of aromatic nitrogens is 2. The molecule has 1 heterocycles. The van der Waals surface area contributed by atoms with Gasteiger partial charge in [-0.3, -0.25) is 4.90 Å². The van der Waals surface area contributed by atoms with E-state index in [1.807, 2.05) is 30.1 Å². The molecular weight excluding hydrogens is 234 g/mol. The van der Waals surface area contributed by atoms with Crippen LogP contribution in [0.15, 0.2) is 23.0 Å². The van der Waals surface area contributed by atoms with E-state index in [0.717, 1.165) is 16.6 Å². The van der Waals surface area contributed by atoms with Gasteiger partial charge in [0.25, 0.3) is 0 Å². The maximum atomic E-state index is 11.1. The first-order chi connectivity index (χ1) is 8.63. The number of hydrogen-bond acceptors (Lipinski definition) is 4. The highest BCUT2D eigenvalue weighted by atomic mass is 16.3. The van der Waals surface area contributed by atoms with Crippen molar-refractivity contribution in [2.24, 2.45) is 0 Å². The molecule has 2 rings (SSSR count). The highest BCUT2D eigenvalue weighted by Crippen LogP contribution is 2.12. The lowest BCUT2D eigenvalue weighted by Gasteiger charge is -2.24. The minimum absolute atomic E-state index is 0.0871. The van der Waals surface area contributed by atoms with Crippen LogP contribution in [0.2, 0.25) is 0 Å². The molecule has 1 aromatic heterocycles. The van der Waals surface area contributed by atoms with Crippen molar-refractivity contribution in [3.63, 3.8) is 0 Å². The number of hydrogen-bond donors (Lipinski definition) is 4. The van der Waals surface area contributed by atoms with E-state index in [4.69, 9.17) is 10.2 Å². The molecule has 0 amide bonds. The molecule has 0 radical (unpaired) electrons. The van der Waals surface area contributed by atoms with Crippen LogP contribution < -0.4 is 5.69 Å². The Hall–Kier alpha value is -1.63. The number of nitrogens with one attached hydrogen (secondary N) is 2. The zero-order valence-corrected chi connectivity index (χ0v) is 10.2. The van der Waals surface area contributed by atoms with E-state index in [9.17, 15) is 4.79 Å². The van der Waals surface area contributed by atoms with Gasteiger partial charge in [0, 0.05) is 6.54 Å². The number of nitrogens with zero attached hydrogens (tertiary/aromatic N) is 1. The molecule has 6 nitrogen and oxygen atoms in total. The zero-order chi connectivity index (χ0) is 13.1. The molecule has 0 aliphatic heterocycles. The SMILES string of the molecule is CN(Cc1ccc2[nH]c(=O)[nH]c2c1)C(CO)CO. The minimum atomic E-state index is -0.272. The minimum Gasteiger partial charge on any atom is -0.395 e. The van der Waals surface area contributed by atoms with Crippen LogP contribution in [-0.4, -0.2) is 51.4 Å². The largest absolute Gasteiger partial charge is 0.395 e. The molecule has 0 spiro atoms. The number of imidazole rings is 1. The number of benzene rings is 1. The second-order valence-electron chi connectivity index (χ2n) is 4.39. The molecule has 0 bridgehead atoms. The third-order valence-electron chi connectivity index (χ3n) is 3.06. The van der Waals surface area contributed by atoms with Gasteiger partial charge in [-0.25, -0.2) is 4.79 Å². The Morgan fingerprint density at radius 3 is 2.56 bits per heavy atom. The molecule has 1 aromatic carbocycles. The summed E-state index contributed by atoms with van der Waals surface area (Å²) in [7, 11) is 1.83. The van der Waals surface area contributed by atoms with Crippen LogP contribution in [-0.2, 0) is 6.54 Å². The van der Waals surface area contributed by atoms with Gasteiger partial charge in [0.15, 0.2) is 0 Å². The van der Waals surface area contributed by atoms with Crippen molar-refractivity contribution in [1.82, 2.24) is 14.9 Å². The van der Waals surface area contributed by atoms with Gasteiger partial charge in [0.05, 0.1) is 30.3 Å². The van der Waals surface area contributed by atoms with Gasteiger partial charge in [0.1, 0.15) is 0 Å². The van der Waals surface area contributed by atoms with Gasteiger partial charge in [-0.1, -0.05) is 6.07 Å². The van der Waals surface area contributed by atoms with Crippen LogP contribution in [0.1, 0.15) is 5.56 Å². The van der Waals surface area contributed by atoms with Gasteiger partial charge in [-0.2, -0.15) is 0 Å². The summed E-state index contributed by atoms with van der Waals surface area (Å²) in [4.78, 5) is 18.4. The van der Waals surface area contributed by atoms with Crippen LogP contribution in [0.4, 0.5) is 0 Å². The Labute approximate surface area is 104 Å². The van der Waals surface area contributed by atoms with E-state index < -0.39 is 0 Å². The summed E-state index contributed by atoms with van der Waals surface area (Å²) in [5, 5.41) is 18.2. The molecule has 2 aromatic rings. The average Bonchev–Trinajstić information content (AvgIpc) is 2.70. The molecule has 0 unspecified atom stereocenters. The maximum Gasteiger partial charge on any atom is 0.323 e. The molecule has 0 saturated heterocycles. The Kier molecular flexibility index (Phi) is 3.81. The quantitative estimate of drug-likeness (QED) is 0.584. The molecule has 0 aliphatic rings. The van der Waals surface area contributed by atoms with Crippen molar-refractivity contribution in [2.75, 3.05) is 20.3 Å². The summed E-state index contributed by atoms with van der Waals surface area (Å²) in [6.07, 6.45) is 0. The number of aliphatic hydroxyl groups excluding tert-OH is 2. The first-order valence-corrected chi connectivity index (χ1v) is 5.77. The van der Waals surface area contributed by atoms with Crippen molar-refractivity contribution in [3.05, 3.63) is 34.2 Å². The van der Waals surface area contributed by atoms with Crippen LogP contribution in [0.3, 0.4) is 0 Å². The molecule has 0 atom stereocenters. The Balaban J connectivity index is 2.18.